The van der Waals surface area contributed by atoms with Crippen molar-refractivity contribution in [3.63, 3.8) is 0 Å². The molecule has 0 bridgehead atoms. The molecule has 4 rings (SSSR count). The van der Waals surface area contributed by atoms with E-state index in [1.165, 1.54) is 13.0 Å². The van der Waals surface area contributed by atoms with Gasteiger partial charge < -0.3 is 14.5 Å². The second kappa shape index (κ2) is 7.87. The first-order valence-corrected chi connectivity index (χ1v) is 9.78. The van der Waals surface area contributed by atoms with Gasteiger partial charge in [0.2, 0.25) is 0 Å². The summed E-state index contributed by atoms with van der Waals surface area (Å²) >= 11 is 6.03. The van der Waals surface area contributed by atoms with E-state index in [1.54, 1.807) is 35.2 Å². The molecule has 0 aliphatic carbocycles. The van der Waals surface area contributed by atoms with Gasteiger partial charge in [0.25, 0.3) is 5.91 Å². The van der Waals surface area contributed by atoms with Crippen molar-refractivity contribution in [1.82, 2.24) is 4.90 Å². The topological polar surface area (TPSA) is 49.9 Å². The number of amides is 1. The number of benzene rings is 2. The fourth-order valence-corrected chi connectivity index (χ4v) is 3.79. The zero-order chi connectivity index (χ0) is 20.5. The third kappa shape index (κ3) is 3.98. The maximum Gasteiger partial charge on any atom is 0.253 e. The van der Waals surface area contributed by atoms with Crippen LogP contribution in [0.2, 0.25) is 5.02 Å². The molecule has 150 valence electrons. The highest BCUT2D eigenvalue weighted by Gasteiger charge is 2.27. The van der Waals surface area contributed by atoms with E-state index in [9.17, 15) is 14.0 Å². The number of ketones is 1. The first-order chi connectivity index (χ1) is 13.9. The van der Waals surface area contributed by atoms with Crippen LogP contribution in [0.5, 0.6) is 5.75 Å². The molecule has 0 unspecified atom stereocenters. The number of carbonyl (C=O) groups is 2. The molecule has 7 heteroatoms. The fraction of sp³-hybridized carbons (Fsp3) is 0.273. The normalized spacial score (nSPS) is 16.0. The van der Waals surface area contributed by atoms with Crippen LogP contribution in [0.3, 0.4) is 0 Å². The molecule has 0 saturated carbocycles. The van der Waals surface area contributed by atoms with E-state index in [1.807, 2.05) is 11.0 Å². The molecule has 29 heavy (non-hydrogen) atoms. The number of Topliss-reactive ketones (excluding diaryl/α,β-unsaturated/α-hetero) is 1. The summed E-state index contributed by atoms with van der Waals surface area (Å²) in [7, 11) is 0. The lowest BCUT2D eigenvalue weighted by Gasteiger charge is -2.37. The molecule has 2 aliphatic heterocycles. The van der Waals surface area contributed by atoms with Crippen molar-refractivity contribution in [3.05, 3.63) is 63.9 Å². The summed E-state index contributed by atoms with van der Waals surface area (Å²) in [6, 6.07) is 9.84. The van der Waals surface area contributed by atoms with E-state index in [0.717, 1.165) is 5.56 Å². The predicted molar refractivity (Wildman–Crippen MR) is 110 cm³/mol. The standard InChI is InChI=1S/C22H20ClFN2O3/c1-14(27)15-2-4-20(19(24)12-15)25-6-8-26(9-7-25)22(28)17-10-16-11-18(23)3-5-21(16)29-13-17/h2-5,10-12H,6-9,13H2,1H3. The molecule has 1 saturated heterocycles. The number of carbonyl (C=O) groups excluding carboxylic acids is 2. The Balaban J connectivity index is 1.43. The van der Waals surface area contributed by atoms with E-state index in [0.29, 0.717) is 53.8 Å². The Kier molecular flexibility index (Phi) is 5.28. The first-order valence-electron chi connectivity index (χ1n) is 9.40. The molecular formula is C22H20ClFN2O3. The van der Waals surface area contributed by atoms with Crippen molar-refractivity contribution < 1.29 is 18.7 Å². The van der Waals surface area contributed by atoms with Gasteiger partial charge in [0, 0.05) is 42.3 Å². The number of piperazine rings is 1. The summed E-state index contributed by atoms with van der Waals surface area (Å²) in [5.41, 5.74) is 2.17. The number of fused-ring (bicyclic) bond motifs is 1. The minimum atomic E-state index is -0.422. The zero-order valence-corrected chi connectivity index (χ0v) is 16.7. The monoisotopic (exact) mass is 414 g/mol. The summed E-state index contributed by atoms with van der Waals surface area (Å²) in [6.45, 7) is 3.61. The average molecular weight is 415 g/mol. The molecule has 5 nitrogen and oxygen atoms in total. The van der Waals surface area contributed by atoms with Gasteiger partial charge >= 0.3 is 0 Å². The van der Waals surface area contributed by atoms with E-state index < -0.39 is 5.82 Å². The minimum Gasteiger partial charge on any atom is -0.488 e. The number of nitrogens with zero attached hydrogens (tertiary/aromatic N) is 2. The van der Waals surface area contributed by atoms with E-state index in [2.05, 4.69) is 0 Å². The Bertz CT molecular complexity index is 1010. The van der Waals surface area contributed by atoms with Crippen molar-refractivity contribution in [2.24, 2.45) is 0 Å². The second-order valence-corrected chi connectivity index (χ2v) is 7.58. The van der Waals surface area contributed by atoms with Gasteiger partial charge in [0.05, 0.1) is 11.3 Å². The molecule has 0 N–H and O–H groups in total. The highest BCUT2D eigenvalue weighted by molar-refractivity contribution is 6.30. The number of hydrogen-bond acceptors (Lipinski definition) is 4. The van der Waals surface area contributed by atoms with Crippen LogP contribution >= 0.6 is 11.6 Å². The van der Waals surface area contributed by atoms with Gasteiger partial charge in [-0.1, -0.05) is 11.6 Å². The second-order valence-electron chi connectivity index (χ2n) is 7.14. The van der Waals surface area contributed by atoms with Gasteiger partial charge in [0.15, 0.2) is 5.78 Å². The summed E-state index contributed by atoms with van der Waals surface area (Å²) < 4.78 is 20.1. The maximum atomic E-state index is 14.4. The molecule has 2 aliphatic rings. The number of hydrogen-bond donors (Lipinski definition) is 0. The SMILES string of the molecule is CC(=O)c1ccc(N2CCN(C(=O)C3=Cc4cc(Cl)ccc4OC3)CC2)c(F)c1. The molecule has 0 radical (unpaired) electrons. The summed E-state index contributed by atoms with van der Waals surface area (Å²) in [6.07, 6.45) is 1.82. The Labute approximate surface area is 173 Å². The van der Waals surface area contributed by atoms with Crippen molar-refractivity contribution >= 4 is 35.1 Å². The van der Waals surface area contributed by atoms with Crippen molar-refractivity contribution in [1.29, 1.82) is 0 Å². The quantitative estimate of drug-likeness (QED) is 0.717. The van der Waals surface area contributed by atoms with Crippen LogP contribution in [0.25, 0.3) is 6.08 Å². The van der Waals surface area contributed by atoms with E-state index >= 15 is 0 Å². The molecule has 2 heterocycles. The maximum absolute atomic E-state index is 14.4. The van der Waals surface area contributed by atoms with Crippen LogP contribution in [-0.2, 0) is 4.79 Å². The molecular weight excluding hydrogens is 395 g/mol. The van der Waals surface area contributed by atoms with Gasteiger partial charge in [-0.15, -0.1) is 0 Å². The lowest BCUT2D eigenvalue weighted by atomic mass is 10.1. The average Bonchev–Trinajstić information content (AvgIpc) is 2.72. The van der Waals surface area contributed by atoms with Crippen LogP contribution in [0.1, 0.15) is 22.8 Å². The summed E-state index contributed by atoms with van der Waals surface area (Å²) in [5, 5.41) is 0.587. The van der Waals surface area contributed by atoms with Crippen LogP contribution in [0, 0.1) is 5.82 Å². The molecule has 0 aromatic heterocycles. The summed E-state index contributed by atoms with van der Waals surface area (Å²) in [4.78, 5) is 27.9. The highest BCUT2D eigenvalue weighted by Crippen LogP contribution is 2.30. The molecule has 2 aromatic rings. The predicted octanol–water partition coefficient (Wildman–Crippen LogP) is 3.81. The fourth-order valence-electron chi connectivity index (χ4n) is 3.61. The molecule has 0 atom stereocenters. The zero-order valence-electron chi connectivity index (χ0n) is 16.0. The number of ether oxygens (including phenoxy) is 1. The number of rotatable bonds is 3. The van der Waals surface area contributed by atoms with Gasteiger partial charge in [-0.05, 0) is 49.4 Å². The summed E-state index contributed by atoms with van der Waals surface area (Å²) in [5.74, 6) is 0.0361. The van der Waals surface area contributed by atoms with Crippen molar-refractivity contribution in [2.45, 2.75) is 6.92 Å². The lowest BCUT2D eigenvalue weighted by molar-refractivity contribution is -0.127. The van der Waals surface area contributed by atoms with Gasteiger partial charge in [-0.2, -0.15) is 0 Å². The largest absolute Gasteiger partial charge is 0.488 e. The first kappa shape index (κ1) is 19.5. The Hall–Kier alpha value is -2.86. The lowest BCUT2D eigenvalue weighted by Crippen LogP contribution is -2.49. The Morgan fingerprint density at radius 2 is 1.83 bits per heavy atom. The van der Waals surface area contributed by atoms with Crippen LogP contribution in [0.15, 0.2) is 42.0 Å². The van der Waals surface area contributed by atoms with Crippen LogP contribution < -0.4 is 9.64 Å². The molecule has 0 spiro atoms. The number of halogens is 2. The van der Waals surface area contributed by atoms with Gasteiger partial charge in [-0.3, -0.25) is 9.59 Å². The van der Waals surface area contributed by atoms with Crippen molar-refractivity contribution in [2.75, 3.05) is 37.7 Å². The molecule has 1 fully saturated rings. The minimum absolute atomic E-state index is 0.0809. The van der Waals surface area contributed by atoms with Gasteiger partial charge in [0.1, 0.15) is 18.2 Å². The molecule has 2 aromatic carbocycles. The van der Waals surface area contributed by atoms with Crippen molar-refractivity contribution in [3.8, 4) is 5.75 Å². The van der Waals surface area contributed by atoms with E-state index in [-0.39, 0.29) is 18.3 Å². The smallest absolute Gasteiger partial charge is 0.253 e. The third-order valence-corrected chi connectivity index (χ3v) is 5.46. The third-order valence-electron chi connectivity index (χ3n) is 5.22. The van der Waals surface area contributed by atoms with Crippen LogP contribution in [0.4, 0.5) is 10.1 Å². The Morgan fingerprint density at radius 1 is 1.07 bits per heavy atom. The Morgan fingerprint density at radius 3 is 2.52 bits per heavy atom. The highest BCUT2D eigenvalue weighted by atomic mass is 35.5. The van der Waals surface area contributed by atoms with E-state index in [4.69, 9.17) is 16.3 Å². The van der Waals surface area contributed by atoms with Crippen LogP contribution in [-0.4, -0.2) is 49.4 Å². The number of anilines is 1. The molecule has 1 amide bonds. The van der Waals surface area contributed by atoms with Gasteiger partial charge in [-0.25, -0.2) is 4.39 Å².